The minimum Gasteiger partial charge on any atom is -0.350 e. The van der Waals surface area contributed by atoms with E-state index < -0.39 is 0 Å². The molecule has 0 radical (unpaired) electrons. The van der Waals surface area contributed by atoms with Gasteiger partial charge >= 0.3 is 0 Å². The van der Waals surface area contributed by atoms with Crippen molar-refractivity contribution in [1.29, 1.82) is 0 Å². The van der Waals surface area contributed by atoms with E-state index in [4.69, 9.17) is 0 Å². The molecule has 0 saturated carbocycles. The number of nitrogens with one attached hydrogen (secondary N) is 2. The van der Waals surface area contributed by atoms with Crippen molar-refractivity contribution in [2.45, 2.75) is 19.9 Å². The number of thiophene rings is 1. The fourth-order valence-corrected chi connectivity index (χ4v) is 2.86. The van der Waals surface area contributed by atoms with Crippen molar-refractivity contribution in [2.75, 3.05) is 13.1 Å². The SMILES string of the molecule is CCN[C@H](C)CNC(=O)c1csc2ccccc12. The molecule has 0 fully saturated rings. The Balaban J connectivity index is 2.05. The third kappa shape index (κ3) is 2.89. The lowest BCUT2D eigenvalue weighted by molar-refractivity contribution is 0.0952. The maximum absolute atomic E-state index is 12.1. The first-order valence-corrected chi connectivity index (χ1v) is 7.08. The van der Waals surface area contributed by atoms with E-state index in [1.807, 2.05) is 29.6 Å². The molecule has 1 aromatic heterocycles. The first kappa shape index (κ1) is 13.1. The van der Waals surface area contributed by atoms with Crippen molar-refractivity contribution in [1.82, 2.24) is 10.6 Å². The number of rotatable bonds is 5. The molecular formula is C14H18N2OS. The number of amides is 1. The van der Waals surface area contributed by atoms with Gasteiger partial charge < -0.3 is 10.6 Å². The van der Waals surface area contributed by atoms with Gasteiger partial charge in [0.2, 0.25) is 0 Å². The predicted octanol–water partition coefficient (Wildman–Crippen LogP) is 2.63. The third-order valence-corrected chi connectivity index (χ3v) is 3.81. The summed E-state index contributed by atoms with van der Waals surface area (Å²) in [7, 11) is 0. The molecule has 0 bridgehead atoms. The molecule has 0 spiro atoms. The van der Waals surface area contributed by atoms with Gasteiger partial charge in [-0.1, -0.05) is 25.1 Å². The minimum atomic E-state index is 0.0113. The molecule has 1 amide bonds. The second-order valence-electron chi connectivity index (χ2n) is 4.31. The Morgan fingerprint density at radius 3 is 2.94 bits per heavy atom. The van der Waals surface area contributed by atoms with Crippen LogP contribution in [0.25, 0.3) is 10.1 Å². The molecule has 0 saturated heterocycles. The lowest BCUT2D eigenvalue weighted by atomic mass is 10.1. The van der Waals surface area contributed by atoms with Gasteiger partial charge in [0.1, 0.15) is 0 Å². The van der Waals surface area contributed by atoms with Crippen molar-refractivity contribution >= 4 is 27.3 Å². The summed E-state index contributed by atoms with van der Waals surface area (Å²) in [5.74, 6) is 0.0113. The monoisotopic (exact) mass is 262 g/mol. The topological polar surface area (TPSA) is 41.1 Å². The Labute approximate surface area is 111 Å². The molecule has 96 valence electrons. The highest BCUT2D eigenvalue weighted by atomic mass is 32.1. The van der Waals surface area contributed by atoms with Crippen molar-refractivity contribution in [3.05, 3.63) is 35.2 Å². The number of benzene rings is 1. The molecule has 2 rings (SSSR count). The van der Waals surface area contributed by atoms with E-state index in [1.54, 1.807) is 11.3 Å². The zero-order chi connectivity index (χ0) is 13.0. The number of hydrogen-bond acceptors (Lipinski definition) is 3. The Morgan fingerprint density at radius 2 is 2.17 bits per heavy atom. The average Bonchev–Trinajstić information content (AvgIpc) is 2.80. The summed E-state index contributed by atoms with van der Waals surface area (Å²) >= 11 is 1.61. The van der Waals surface area contributed by atoms with Crippen LogP contribution in [0.2, 0.25) is 0 Å². The standard InChI is InChI=1S/C14H18N2OS/c1-3-15-10(2)8-16-14(17)12-9-18-13-7-5-4-6-11(12)13/h4-7,9-10,15H,3,8H2,1-2H3,(H,16,17)/t10-/m1/s1. The van der Waals surface area contributed by atoms with E-state index in [2.05, 4.69) is 24.5 Å². The summed E-state index contributed by atoms with van der Waals surface area (Å²) in [5.41, 5.74) is 0.777. The minimum absolute atomic E-state index is 0.0113. The maximum atomic E-state index is 12.1. The van der Waals surface area contributed by atoms with Gasteiger partial charge in [0.25, 0.3) is 5.91 Å². The van der Waals surface area contributed by atoms with E-state index in [1.165, 1.54) is 0 Å². The van der Waals surface area contributed by atoms with E-state index in [-0.39, 0.29) is 5.91 Å². The molecular weight excluding hydrogens is 244 g/mol. The lowest BCUT2D eigenvalue weighted by Crippen LogP contribution is -2.38. The predicted molar refractivity (Wildman–Crippen MR) is 77.3 cm³/mol. The van der Waals surface area contributed by atoms with Crippen LogP contribution in [0.1, 0.15) is 24.2 Å². The Bertz CT molecular complexity index is 535. The highest BCUT2D eigenvalue weighted by Gasteiger charge is 2.12. The van der Waals surface area contributed by atoms with E-state index in [9.17, 15) is 4.79 Å². The lowest BCUT2D eigenvalue weighted by Gasteiger charge is -2.12. The Morgan fingerprint density at radius 1 is 1.39 bits per heavy atom. The largest absolute Gasteiger partial charge is 0.350 e. The van der Waals surface area contributed by atoms with Crippen LogP contribution in [0, 0.1) is 0 Å². The van der Waals surface area contributed by atoms with Crippen LogP contribution in [-0.4, -0.2) is 25.0 Å². The van der Waals surface area contributed by atoms with Crippen LogP contribution in [0.3, 0.4) is 0 Å². The van der Waals surface area contributed by atoms with Crippen LogP contribution in [-0.2, 0) is 0 Å². The van der Waals surface area contributed by atoms with Crippen LogP contribution >= 0.6 is 11.3 Å². The highest BCUT2D eigenvalue weighted by Crippen LogP contribution is 2.25. The highest BCUT2D eigenvalue weighted by molar-refractivity contribution is 7.17. The first-order chi connectivity index (χ1) is 8.72. The summed E-state index contributed by atoms with van der Waals surface area (Å²) < 4.78 is 1.15. The molecule has 0 aliphatic carbocycles. The summed E-state index contributed by atoms with van der Waals surface area (Å²) in [6, 6.07) is 8.29. The van der Waals surface area contributed by atoms with Gasteiger partial charge in [-0.15, -0.1) is 11.3 Å². The summed E-state index contributed by atoms with van der Waals surface area (Å²) in [5, 5.41) is 9.20. The quantitative estimate of drug-likeness (QED) is 0.869. The Hall–Kier alpha value is -1.39. The van der Waals surface area contributed by atoms with Crippen molar-refractivity contribution in [3.63, 3.8) is 0 Å². The average molecular weight is 262 g/mol. The smallest absolute Gasteiger partial charge is 0.252 e. The van der Waals surface area contributed by atoms with Gasteiger partial charge in [-0.3, -0.25) is 4.79 Å². The molecule has 1 heterocycles. The molecule has 4 heteroatoms. The fraction of sp³-hybridized carbons (Fsp3) is 0.357. The van der Waals surface area contributed by atoms with Crippen LogP contribution in [0.15, 0.2) is 29.6 Å². The van der Waals surface area contributed by atoms with Crippen molar-refractivity contribution in [3.8, 4) is 0 Å². The fourth-order valence-electron chi connectivity index (χ4n) is 1.92. The molecule has 2 N–H and O–H groups in total. The van der Waals surface area contributed by atoms with Gasteiger partial charge in [0.05, 0.1) is 5.56 Å². The van der Waals surface area contributed by atoms with E-state index in [0.717, 1.165) is 22.2 Å². The van der Waals surface area contributed by atoms with Crippen LogP contribution in [0.4, 0.5) is 0 Å². The molecule has 0 unspecified atom stereocenters. The Kier molecular flexibility index (Phi) is 4.33. The molecule has 0 aliphatic rings. The summed E-state index contributed by atoms with van der Waals surface area (Å²) in [4.78, 5) is 12.1. The number of likely N-dealkylation sites (N-methyl/N-ethyl adjacent to an activating group) is 1. The van der Waals surface area contributed by atoms with E-state index >= 15 is 0 Å². The van der Waals surface area contributed by atoms with Crippen LogP contribution in [0.5, 0.6) is 0 Å². The third-order valence-electron chi connectivity index (χ3n) is 2.85. The number of hydrogen-bond donors (Lipinski definition) is 2. The number of fused-ring (bicyclic) bond motifs is 1. The first-order valence-electron chi connectivity index (χ1n) is 6.20. The molecule has 18 heavy (non-hydrogen) atoms. The zero-order valence-corrected chi connectivity index (χ0v) is 11.5. The van der Waals surface area contributed by atoms with Gasteiger partial charge in [-0.2, -0.15) is 0 Å². The second kappa shape index (κ2) is 5.98. The molecule has 1 atom stereocenters. The van der Waals surface area contributed by atoms with Gasteiger partial charge in [-0.25, -0.2) is 0 Å². The zero-order valence-electron chi connectivity index (χ0n) is 10.7. The van der Waals surface area contributed by atoms with Gasteiger partial charge in [0, 0.05) is 28.1 Å². The molecule has 0 aliphatic heterocycles. The number of carbonyl (C=O) groups is 1. The normalized spacial score (nSPS) is 12.6. The number of carbonyl (C=O) groups excluding carboxylic acids is 1. The van der Waals surface area contributed by atoms with E-state index in [0.29, 0.717) is 12.6 Å². The van der Waals surface area contributed by atoms with Gasteiger partial charge in [0.15, 0.2) is 0 Å². The maximum Gasteiger partial charge on any atom is 0.252 e. The van der Waals surface area contributed by atoms with Crippen molar-refractivity contribution < 1.29 is 4.79 Å². The summed E-state index contributed by atoms with van der Waals surface area (Å²) in [6.07, 6.45) is 0. The molecule has 1 aromatic carbocycles. The van der Waals surface area contributed by atoms with Gasteiger partial charge in [-0.05, 0) is 19.5 Å². The summed E-state index contributed by atoms with van der Waals surface area (Å²) in [6.45, 7) is 5.69. The van der Waals surface area contributed by atoms with Crippen LogP contribution < -0.4 is 10.6 Å². The molecule has 2 aromatic rings. The second-order valence-corrected chi connectivity index (χ2v) is 5.23. The molecule has 3 nitrogen and oxygen atoms in total. The van der Waals surface area contributed by atoms with Crippen molar-refractivity contribution in [2.24, 2.45) is 0 Å².